The molecule has 8 heteroatoms. The number of nitrogens with one attached hydrogen (secondary N) is 1. The molecular weight excluding hydrogens is 392 g/mol. The Bertz CT molecular complexity index is 947. The minimum absolute atomic E-state index is 0.0905. The normalized spacial score (nSPS) is 14.9. The third-order valence-corrected chi connectivity index (χ3v) is 6.26. The van der Waals surface area contributed by atoms with Crippen LogP contribution in [0.15, 0.2) is 35.0 Å². The first-order valence-corrected chi connectivity index (χ1v) is 11.0. The van der Waals surface area contributed by atoms with Crippen LogP contribution in [0.25, 0.3) is 10.6 Å². The van der Waals surface area contributed by atoms with Crippen molar-refractivity contribution < 1.29 is 9.53 Å². The molecule has 1 saturated heterocycles. The smallest absolute Gasteiger partial charge is 0.232 e. The average Bonchev–Trinajstić information content (AvgIpc) is 3.32. The summed E-state index contributed by atoms with van der Waals surface area (Å²) >= 11 is 3.01. The number of aromatic nitrogens is 2. The third-order valence-electron chi connectivity index (χ3n) is 4.44. The number of carbonyl (C=O) groups is 1. The second-order valence-electron chi connectivity index (χ2n) is 6.75. The minimum atomic E-state index is -0.0905. The lowest BCUT2D eigenvalue weighted by molar-refractivity contribution is -0.115. The van der Waals surface area contributed by atoms with E-state index in [1.54, 1.807) is 11.3 Å². The molecule has 1 aliphatic heterocycles. The Hall–Kier alpha value is -2.13. The molecule has 28 heavy (non-hydrogen) atoms. The summed E-state index contributed by atoms with van der Waals surface area (Å²) in [6.45, 7) is 6.38. The van der Waals surface area contributed by atoms with E-state index in [9.17, 15) is 4.79 Å². The van der Waals surface area contributed by atoms with Crippen LogP contribution in [0.1, 0.15) is 17.0 Å². The molecule has 3 aromatic rings. The van der Waals surface area contributed by atoms with Gasteiger partial charge in [0.1, 0.15) is 5.01 Å². The zero-order valence-corrected chi connectivity index (χ0v) is 17.3. The van der Waals surface area contributed by atoms with E-state index in [0.717, 1.165) is 54.8 Å². The van der Waals surface area contributed by atoms with Crippen molar-refractivity contribution in [2.24, 2.45) is 0 Å². The molecule has 1 aliphatic rings. The van der Waals surface area contributed by atoms with Crippen molar-refractivity contribution in [1.29, 1.82) is 0 Å². The molecule has 1 N–H and O–H groups in total. The van der Waals surface area contributed by atoms with E-state index >= 15 is 0 Å². The average molecular weight is 415 g/mol. The first kappa shape index (κ1) is 19.2. The minimum Gasteiger partial charge on any atom is -0.379 e. The van der Waals surface area contributed by atoms with Crippen LogP contribution in [-0.2, 0) is 22.5 Å². The van der Waals surface area contributed by atoms with Gasteiger partial charge in [-0.15, -0.1) is 22.7 Å². The van der Waals surface area contributed by atoms with Gasteiger partial charge in [-0.3, -0.25) is 9.69 Å². The summed E-state index contributed by atoms with van der Waals surface area (Å²) in [5.41, 5.74) is 4.06. The number of morpholine rings is 1. The molecule has 0 spiro atoms. The Balaban J connectivity index is 1.39. The van der Waals surface area contributed by atoms with Gasteiger partial charge < -0.3 is 10.1 Å². The lowest BCUT2D eigenvalue weighted by Crippen LogP contribution is -2.35. The molecule has 1 amide bonds. The summed E-state index contributed by atoms with van der Waals surface area (Å²) in [6.07, 6.45) is 0.253. The van der Waals surface area contributed by atoms with Crippen LogP contribution < -0.4 is 5.32 Å². The lowest BCUT2D eigenvalue weighted by atomic mass is 10.1. The molecule has 6 nitrogen and oxygen atoms in total. The number of anilines is 1. The van der Waals surface area contributed by atoms with E-state index in [1.807, 2.05) is 17.7 Å². The molecule has 0 unspecified atom stereocenters. The van der Waals surface area contributed by atoms with Crippen LogP contribution in [0, 0.1) is 6.92 Å². The SMILES string of the molecule is Cc1csc(NC(=O)Cc2csc(-c3cccc(CN4CCOCC4)c3)n2)n1. The molecule has 3 heterocycles. The van der Waals surface area contributed by atoms with E-state index in [0.29, 0.717) is 5.13 Å². The fourth-order valence-corrected chi connectivity index (χ4v) is 4.60. The van der Waals surface area contributed by atoms with Gasteiger partial charge in [-0.2, -0.15) is 0 Å². The van der Waals surface area contributed by atoms with Gasteiger partial charge in [-0.05, 0) is 18.6 Å². The molecule has 0 saturated carbocycles. The maximum atomic E-state index is 12.2. The van der Waals surface area contributed by atoms with Crippen molar-refractivity contribution in [2.45, 2.75) is 19.9 Å². The van der Waals surface area contributed by atoms with Crippen LogP contribution >= 0.6 is 22.7 Å². The number of ether oxygens (including phenoxy) is 1. The Morgan fingerprint density at radius 3 is 2.86 bits per heavy atom. The van der Waals surface area contributed by atoms with E-state index < -0.39 is 0 Å². The van der Waals surface area contributed by atoms with Gasteiger partial charge in [0.2, 0.25) is 5.91 Å². The Morgan fingerprint density at radius 2 is 2.07 bits per heavy atom. The van der Waals surface area contributed by atoms with Crippen molar-refractivity contribution in [3.63, 3.8) is 0 Å². The van der Waals surface area contributed by atoms with Gasteiger partial charge in [-0.1, -0.05) is 18.2 Å². The van der Waals surface area contributed by atoms with Crippen LogP contribution in [0.4, 0.5) is 5.13 Å². The fraction of sp³-hybridized carbons (Fsp3) is 0.350. The maximum absolute atomic E-state index is 12.2. The zero-order valence-electron chi connectivity index (χ0n) is 15.7. The van der Waals surface area contributed by atoms with Crippen LogP contribution in [-0.4, -0.2) is 47.1 Å². The summed E-state index contributed by atoms with van der Waals surface area (Å²) in [4.78, 5) is 23.5. The van der Waals surface area contributed by atoms with Gasteiger partial charge >= 0.3 is 0 Å². The number of hydrogen-bond acceptors (Lipinski definition) is 7. The first-order chi connectivity index (χ1) is 13.7. The topological polar surface area (TPSA) is 67.4 Å². The van der Waals surface area contributed by atoms with E-state index in [4.69, 9.17) is 4.74 Å². The third kappa shape index (κ3) is 5.02. The number of hydrogen-bond donors (Lipinski definition) is 1. The second kappa shape index (κ2) is 8.91. The van der Waals surface area contributed by atoms with Crippen LogP contribution in [0.5, 0.6) is 0 Å². The predicted octanol–water partition coefficient (Wildman–Crippen LogP) is 3.59. The number of rotatable bonds is 6. The summed E-state index contributed by atoms with van der Waals surface area (Å²) in [5, 5.41) is 8.28. The van der Waals surface area contributed by atoms with Gasteiger partial charge in [0.05, 0.1) is 31.0 Å². The molecule has 4 rings (SSSR count). The summed E-state index contributed by atoms with van der Waals surface area (Å²) in [7, 11) is 0. The molecule has 1 aromatic carbocycles. The monoisotopic (exact) mass is 414 g/mol. The van der Waals surface area contributed by atoms with Gasteiger partial charge in [-0.25, -0.2) is 9.97 Å². The van der Waals surface area contributed by atoms with Crippen molar-refractivity contribution in [1.82, 2.24) is 14.9 Å². The van der Waals surface area contributed by atoms with Crippen molar-refractivity contribution in [3.05, 3.63) is 52.0 Å². The summed E-state index contributed by atoms with van der Waals surface area (Å²) < 4.78 is 5.42. The molecule has 0 aliphatic carbocycles. The Kier molecular flexibility index (Phi) is 6.11. The van der Waals surface area contributed by atoms with Gasteiger partial charge in [0, 0.05) is 36.0 Å². The Morgan fingerprint density at radius 1 is 1.21 bits per heavy atom. The van der Waals surface area contributed by atoms with Crippen LogP contribution in [0.2, 0.25) is 0 Å². The van der Waals surface area contributed by atoms with Crippen LogP contribution in [0.3, 0.4) is 0 Å². The molecule has 146 valence electrons. The highest BCUT2D eigenvalue weighted by Crippen LogP contribution is 2.25. The summed E-state index contributed by atoms with van der Waals surface area (Å²) in [5.74, 6) is -0.0905. The highest BCUT2D eigenvalue weighted by molar-refractivity contribution is 7.14. The summed E-state index contributed by atoms with van der Waals surface area (Å²) in [6, 6.07) is 8.49. The van der Waals surface area contributed by atoms with Crippen molar-refractivity contribution in [3.8, 4) is 10.6 Å². The molecule has 0 atom stereocenters. The van der Waals surface area contributed by atoms with E-state index in [1.165, 1.54) is 16.9 Å². The van der Waals surface area contributed by atoms with Gasteiger partial charge in [0.25, 0.3) is 0 Å². The molecule has 0 bridgehead atoms. The molecule has 1 fully saturated rings. The number of benzene rings is 1. The molecular formula is C20H22N4O2S2. The van der Waals surface area contributed by atoms with E-state index in [-0.39, 0.29) is 12.3 Å². The largest absolute Gasteiger partial charge is 0.379 e. The van der Waals surface area contributed by atoms with Gasteiger partial charge in [0.15, 0.2) is 5.13 Å². The standard InChI is InChI=1S/C20H22N4O2S2/c1-14-12-28-20(21-14)23-18(25)10-17-13-27-19(22-17)16-4-2-3-15(9-16)11-24-5-7-26-8-6-24/h2-4,9,12-13H,5-8,10-11H2,1H3,(H,21,23,25). The second-order valence-corrected chi connectivity index (χ2v) is 8.47. The molecule has 2 aromatic heterocycles. The quantitative estimate of drug-likeness (QED) is 0.668. The zero-order chi connectivity index (χ0) is 19.3. The predicted molar refractivity (Wildman–Crippen MR) is 113 cm³/mol. The van der Waals surface area contributed by atoms with E-state index in [2.05, 4.69) is 44.5 Å². The Labute approximate surface area is 172 Å². The highest BCUT2D eigenvalue weighted by Gasteiger charge is 2.13. The molecule has 0 radical (unpaired) electrons. The number of aryl methyl sites for hydroxylation is 1. The maximum Gasteiger partial charge on any atom is 0.232 e. The fourth-order valence-electron chi connectivity index (χ4n) is 3.08. The number of amides is 1. The number of thiazole rings is 2. The van der Waals surface area contributed by atoms with Crippen molar-refractivity contribution >= 4 is 33.7 Å². The number of carbonyl (C=O) groups excluding carboxylic acids is 1. The highest BCUT2D eigenvalue weighted by atomic mass is 32.1. The first-order valence-electron chi connectivity index (χ1n) is 9.21. The number of nitrogens with zero attached hydrogens (tertiary/aromatic N) is 3. The lowest BCUT2D eigenvalue weighted by Gasteiger charge is -2.26. The van der Waals surface area contributed by atoms with Crippen molar-refractivity contribution in [2.75, 3.05) is 31.6 Å².